The quantitative estimate of drug-likeness (QED) is 0.947. The second-order valence-electron chi connectivity index (χ2n) is 4.30. The monoisotopic (exact) mass is 299 g/mol. The van der Waals surface area contributed by atoms with Crippen molar-refractivity contribution in [2.24, 2.45) is 7.05 Å². The van der Waals surface area contributed by atoms with Crippen LogP contribution < -0.4 is 4.72 Å². The Hall–Kier alpha value is -1.53. The molecule has 0 aliphatic heterocycles. The molecule has 2 rings (SSSR count). The smallest absolute Gasteiger partial charge is 0.280 e. The highest BCUT2D eigenvalue weighted by Crippen LogP contribution is 2.22. The summed E-state index contributed by atoms with van der Waals surface area (Å²) in [7, 11) is -1.93. The van der Waals surface area contributed by atoms with Crippen LogP contribution in [-0.4, -0.2) is 18.0 Å². The van der Waals surface area contributed by atoms with Crippen molar-refractivity contribution in [3.05, 3.63) is 40.8 Å². The topological polar surface area (TPSA) is 64.0 Å². The number of anilines is 1. The van der Waals surface area contributed by atoms with E-state index in [9.17, 15) is 8.42 Å². The predicted molar refractivity (Wildman–Crippen MR) is 74.9 cm³/mol. The summed E-state index contributed by atoms with van der Waals surface area (Å²) in [5.41, 5.74) is 1.25. The van der Waals surface area contributed by atoms with Crippen molar-refractivity contribution in [3.8, 4) is 0 Å². The lowest BCUT2D eigenvalue weighted by Crippen LogP contribution is -2.14. The molecule has 0 radical (unpaired) electrons. The van der Waals surface area contributed by atoms with Crippen molar-refractivity contribution in [1.82, 2.24) is 9.55 Å². The number of sulfonamides is 1. The second-order valence-corrected chi connectivity index (χ2v) is 6.37. The van der Waals surface area contributed by atoms with E-state index in [2.05, 4.69) is 9.71 Å². The molecule has 0 atom stereocenters. The molecule has 0 unspecified atom stereocenters. The summed E-state index contributed by atoms with van der Waals surface area (Å²) in [4.78, 5) is 4.01. The number of aryl methyl sites for hydroxylation is 3. The minimum Gasteiger partial charge on any atom is -0.337 e. The molecule has 0 bridgehead atoms. The Labute approximate surface area is 117 Å². The van der Waals surface area contributed by atoms with Crippen molar-refractivity contribution in [2.75, 3.05) is 4.72 Å². The van der Waals surface area contributed by atoms with Gasteiger partial charge in [0.15, 0.2) is 5.03 Å². The van der Waals surface area contributed by atoms with E-state index in [1.165, 1.54) is 6.20 Å². The molecule has 19 heavy (non-hydrogen) atoms. The van der Waals surface area contributed by atoms with E-state index >= 15 is 0 Å². The third-order valence-corrected chi connectivity index (χ3v) is 4.27. The van der Waals surface area contributed by atoms with E-state index in [4.69, 9.17) is 11.6 Å². The highest BCUT2D eigenvalue weighted by molar-refractivity contribution is 7.92. The van der Waals surface area contributed by atoms with Crippen LogP contribution in [0, 0.1) is 13.8 Å². The molecule has 0 amide bonds. The van der Waals surface area contributed by atoms with Crippen LogP contribution >= 0.6 is 11.6 Å². The van der Waals surface area contributed by atoms with Crippen molar-refractivity contribution < 1.29 is 8.42 Å². The Balaban J connectivity index is 2.36. The summed E-state index contributed by atoms with van der Waals surface area (Å²) in [6.07, 6.45) is 1.48. The zero-order valence-corrected chi connectivity index (χ0v) is 12.4. The number of nitrogens with zero attached hydrogens (tertiary/aromatic N) is 2. The molecule has 0 aliphatic rings. The lowest BCUT2D eigenvalue weighted by atomic mass is 10.2. The molecular weight excluding hydrogens is 286 g/mol. The minimum atomic E-state index is -3.68. The summed E-state index contributed by atoms with van der Waals surface area (Å²) in [5.74, 6) is 0.633. The van der Waals surface area contributed by atoms with Gasteiger partial charge >= 0.3 is 0 Å². The van der Waals surface area contributed by atoms with Gasteiger partial charge in [0.25, 0.3) is 10.0 Å². The molecular formula is C12H14ClN3O2S. The minimum absolute atomic E-state index is 0.00171. The number of benzene rings is 1. The molecule has 0 aliphatic carbocycles. The fraction of sp³-hybridized carbons (Fsp3) is 0.250. The van der Waals surface area contributed by atoms with Gasteiger partial charge in [-0.1, -0.05) is 11.6 Å². The van der Waals surface area contributed by atoms with E-state index < -0.39 is 10.0 Å². The highest BCUT2D eigenvalue weighted by Gasteiger charge is 2.19. The summed E-state index contributed by atoms with van der Waals surface area (Å²) < 4.78 is 28.5. The average molecular weight is 300 g/mol. The first-order valence-electron chi connectivity index (χ1n) is 5.58. The molecule has 7 heteroatoms. The number of rotatable bonds is 3. The molecule has 5 nitrogen and oxygen atoms in total. The lowest BCUT2D eigenvalue weighted by Gasteiger charge is -2.08. The standard InChI is InChI=1S/C12H14ClN3O2S/c1-8-6-10(13)4-5-11(8)15-19(17,18)12-7-16(3)9(2)14-12/h4-7,15H,1-3H3. The fourth-order valence-electron chi connectivity index (χ4n) is 1.59. The van der Waals surface area contributed by atoms with Crippen LogP contribution in [0.4, 0.5) is 5.69 Å². The Morgan fingerprint density at radius 2 is 2.00 bits per heavy atom. The Morgan fingerprint density at radius 3 is 2.53 bits per heavy atom. The fourth-order valence-corrected chi connectivity index (χ4v) is 2.99. The SMILES string of the molecule is Cc1cc(Cl)ccc1NS(=O)(=O)c1cn(C)c(C)n1. The molecule has 0 saturated heterocycles. The third kappa shape index (κ3) is 2.90. The van der Waals surface area contributed by atoms with Gasteiger partial charge in [0.2, 0.25) is 0 Å². The van der Waals surface area contributed by atoms with Gasteiger partial charge in [-0.15, -0.1) is 0 Å². The Kier molecular flexibility index (Phi) is 3.56. The maximum Gasteiger partial charge on any atom is 0.280 e. The maximum absolute atomic E-state index is 12.2. The number of imidazole rings is 1. The van der Waals surface area contributed by atoms with Gasteiger partial charge in [0, 0.05) is 18.3 Å². The van der Waals surface area contributed by atoms with Crippen LogP contribution in [0.15, 0.2) is 29.4 Å². The van der Waals surface area contributed by atoms with Gasteiger partial charge in [-0.3, -0.25) is 4.72 Å². The van der Waals surface area contributed by atoms with Crippen LogP contribution in [0.5, 0.6) is 0 Å². The predicted octanol–water partition coefficient (Wildman–Crippen LogP) is 2.49. The number of aromatic nitrogens is 2. The summed E-state index contributed by atoms with van der Waals surface area (Å²) in [5, 5.41) is 0.566. The van der Waals surface area contributed by atoms with Gasteiger partial charge in [0.1, 0.15) is 5.82 Å². The van der Waals surface area contributed by atoms with Gasteiger partial charge in [-0.2, -0.15) is 8.42 Å². The Bertz CT molecular complexity index is 703. The first-order chi connectivity index (χ1) is 8.79. The molecule has 102 valence electrons. The lowest BCUT2D eigenvalue weighted by molar-refractivity contribution is 0.598. The maximum atomic E-state index is 12.2. The van der Waals surface area contributed by atoms with Crippen molar-refractivity contribution >= 4 is 27.3 Å². The van der Waals surface area contributed by atoms with E-state index in [0.717, 1.165) is 5.56 Å². The van der Waals surface area contributed by atoms with Gasteiger partial charge in [-0.05, 0) is 37.6 Å². The summed E-state index contributed by atoms with van der Waals surface area (Å²) >= 11 is 5.84. The van der Waals surface area contributed by atoms with Gasteiger partial charge in [-0.25, -0.2) is 4.98 Å². The number of nitrogens with one attached hydrogen (secondary N) is 1. The largest absolute Gasteiger partial charge is 0.337 e. The van der Waals surface area contributed by atoms with E-state index in [1.54, 1.807) is 43.7 Å². The number of hydrogen-bond acceptors (Lipinski definition) is 3. The van der Waals surface area contributed by atoms with Crippen LogP contribution in [-0.2, 0) is 17.1 Å². The zero-order chi connectivity index (χ0) is 14.2. The first-order valence-corrected chi connectivity index (χ1v) is 7.44. The molecule has 0 saturated carbocycles. The van der Waals surface area contributed by atoms with Crippen molar-refractivity contribution in [1.29, 1.82) is 0 Å². The summed E-state index contributed by atoms with van der Waals surface area (Å²) in [6.45, 7) is 3.53. The molecule has 1 aromatic carbocycles. The van der Waals surface area contributed by atoms with E-state index in [-0.39, 0.29) is 5.03 Å². The van der Waals surface area contributed by atoms with Crippen LogP contribution in [0.3, 0.4) is 0 Å². The van der Waals surface area contributed by atoms with Crippen molar-refractivity contribution in [2.45, 2.75) is 18.9 Å². The molecule has 2 aromatic rings. The van der Waals surface area contributed by atoms with Crippen molar-refractivity contribution in [3.63, 3.8) is 0 Å². The Morgan fingerprint density at radius 1 is 1.32 bits per heavy atom. The van der Waals surface area contributed by atoms with E-state index in [0.29, 0.717) is 16.5 Å². The van der Waals surface area contributed by atoms with Gasteiger partial charge < -0.3 is 4.57 Å². The van der Waals surface area contributed by atoms with E-state index in [1.807, 2.05) is 0 Å². The summed E-state index contributed by atoms with van der Waals surface area (Å²) in [6, 6.07) is 4.96. The number of hydrogen-bond donors (Lipinski definition) is 1. The number of halogens is 1. The molecule has 0 spiro atoms. The van der Waals surface area contributed by atoms with Crippen LogP contribution in [0.25, 0.3) is 0 Å². The first kappa shape index (κ1) is 13.9. The normalized spacial score (nSPS) is 11.6. The van der Waals surface area contributed by atoms with Crippen LogP contribution in [0.2, 0.25) is 5.02 Å². The molecule has 1 aromatic heterocycles. The molecule has 1 N–H and O–H groups in total. The van der Waals surface area contributed by atoms with Gasteiger partial charge in [0.05, 0.1) is 5.69 Å². The molecule has 1 heterocycles. The zero-order valence-electron chi connectivity index (χ0n) is 10.8. The molecule has 0 fully saturated rings. The second kappa shape index (κ2) is 4.86. The highest BCUT2D eigenvalue weighted by atomic mass is 35.5. The third-order valence-electron chi connectivity index (χ3n) is 2.79. The van der Waals surface area contributed by atoms with Crippen LogP contribution in [0.1, 0.15) is 11.4 Å². The average Bonchev–Trinajstić information content (AvgIpc) is 2.64.